The van der Waals surface area contributed by atoms with E-state index in [4.69, 9.17) is 34.4 Å². The second-order valence-corrected chi connectivity index (χ2v) is 3.26. The summed E-state index contributed by atoms with van der Waals surface area (Å²) in [5, 5.41) is 0. The van der Waals surface area contributed by atoms with E-state index in [0.29, 0.717) is 0 Å². The molecule has 0 rings (SSSR count). The number of hydrogen-bond donors (Lipinski definition) is 0. The van der Waals surface area contributed by atoms with Crippen LogP contribution in [0.5, 0.6) is 0 Å². The van der Waals surface area contributed by atoms with E-state index in [0.717, 1.165) is 0 Å². The highest BCUT2D eigenvalue weighted by Gasteiger charge is 2.09. The lowest BCUT2D eigenvalue weighted by atomic mass is 10.5. The summed E-state index contributed by atoms with van der Waals surface area (Å²) in [5.41, 5.74) is 0. The van der Waals surface area contributed by atoms with Gasteiger partial charge in [-0.15, -0.1) is 0 Å². The number of rotatable bonds is 1. The second kappa shape index (κ2) is 2.27. The van der Waals surface area contributed by atoms with Crippen molar-refractivity contribution in [3.8, 4) is 0 Å². The Kier molecular flexibility index (Phi) is 2.60. The smallest absolute Gasteiger partial charge is 0.373 e. The van der Waals surface area contributed by atoms with E-state index in [2.05, 4.69) is 4.65 Å². The summed E-state index contributed by atoms with van der Waals surface area (Å²) in [4.78, 5) is 0. The Labute approximate surface area is 51.2 Å². The summed E-state index contributed by atoms with van der Waals surface area (Å²) in [6.07, 6.45) is 0. The summed E-state index contributed by atoms with van der Waals surface area (Å²) >= 11 is 15.3. The van der Waals surface area contributed by atoms with Gasteiger partial charge in [-0.05, 0) is 7.11 Å². The van der Waals surface area contributed by atoms with Gasteiger partial charge in [-0.25, -0.2) is 0 Å². The molecule has 0 unspecified atom stereocenters. The van der Waals surface area contributed by atoms with E-state index in [-0.39, 0.29) is 0 Å². The van der Waals surface area contributed by atoms with Gasteiger partial charge in [0, 0.05) is 0 Å². The highest BCUT2D eigenvalue weighted by atomic mass is 35.6. The van der Waals surface area contributed by atoms with Gasteiger partial charge in [-0.2, -0.15) is 0 Å². The van der Waals surface area contributed by atoms with E-state index in [1.54, 1.807) is 0 Å². The van der Waals surface area contributed by atoms with Crippen molar-refractivity contribution in [3.63, 3.8) is 0 Å². The standard InChI is InChI=1S/CH3BCl3O/c1-6-2(3,4)5/h1H3/q-1. The molecule has 0 saturated heterocycles. The molecule has 0 aliphatic heterocycles. The van der Waals surface area contributed by atoms with E-state index in [9.17, 15) is 0 Å². The fourth-order valence-electron chi connectivity index (χ4n) is 0. The van der Waals surface area contributed by atoms with Crippen LogP contribution >= 0.6 is 34.4 Å². The minimum Gasteiger partial charge on any atom is -0.556 e. The van der Waals surface area contributed by atoms with Gasteiger partial charge in [0.2, 0.25) is 0 Å². The molecule has 6 heavy (non-hydrogen) atoms. The van der Waals surface area contributed by atoms with E-state index < -0.39 is 4.59 Å². The summed E-state index contributed by atoms with van der Waals surface area (Å²) < 4.78 is 2.23. The number of halogens is 3. The van der Waals surface area contributed by atoms with Crippen molar-refractivity contribution < 1.29 is 4.65 Å². The van der Waals surface area contributed by atoms with Crippen molar-refractivity contribution in [1.29, 1.82) is 0 Å². The van der Waals surface area contributed by atoms with Crippen LogP contribution in [-0.2, 0) is 4.65 Å². The fraction of sp³-hybridized carbons (Fsp3) is 1.00. The molecule has 0 saturated carbocycles. The van der Waals surface area contributed by atoms with Crippen LogP contribution in [0.1, 0.15) is 0 Å². The van der Waals surface area contributed by atoms with Crippen LogP contribution < -0.4 is 0 Å². The highest BCUT2D eigenvalue weighted by Crippen LogP contribution is 2.18. The average molecular weight is 148 g/mol. The minimum atomic E-state index is -2.07. The molecule has 0 aromatic heterocycles. The van der Waals surface area contributed by atoms with Gasteiger partial charge in [-0.1, -0.05) is 0 Å². The van der Waals surface area contributed by atoms with Crippen molar-refractivity contribution in [3.05, 3.63) is 0 Å². The molecule has 38 valence electrons. The molecular formula is CH3BCl3O-. The summed E-state index contributed by atoms with van der Waals surface area (Å²) in [6, 6.07) is 0. The van der Waals surface area contributed by atoms with Crippen molar-refractivity contribution in [2.24, 2.45) is 0 Å². The SMILES string of the molecule is CO[B-](Cl)(Cl)Cl. The predicted octanol–water partition coefficient (Wildman–Crippen LogP) is 1.78. The third-order valence-corrected chi connectivity index (χ3v) is 0.802. The number of hydrogen-bond acceptors (Lipinski definition) is 1. The van der Waals surface area contributed by atoms with Crippen LogP contribution in [0.15, 0.2) is 0 Å². The monoisotopic (exact) mass is 147 g/mol. The molecule has 0 aliphatic carbocycles. The van der Waals surface area contributed by atoms with Gasteiger partial charge < -0.3 is 39.0 Å². The third-order valence-electron chi connectivity index (χ3n) is 0.267. The first-order valence-corrected chi connectivity index (χ1v) is 2.61. The molecule has 0 N–H and O–H groups in total. The van der Waals surface area contributed by atoms with Gasteiger partial charge in [0.25, 0.3) is 0 Å². The van der Waals surface area contributed by atoms with Gasteiger partial charge in [0.15, 0.2) is 0 Å². The molecule has 0 atom stereocenters. The van der Waals surface area contributed by atoms with Gasteiger partial charge in [-0.3, -0.25) is 0 Å². The van der Waals surface area contributed by atoms with Crippen molar-refractivity contribution in [1.82, 2.24) is 0 Å². The van der Waals surface area contributed by atoms with Crippen LogP contribution in [0.2, 0.25) is 0 Å². The first-order valence-electron chi connectivity index (χ1n) is 1.30. The molecule has 0 aromatic carbocycles. The summed E-state index contributed by atoms with van der Waals surface area (Å²) in [6.45, 7) is 0. The van der Waals surface area contributed by atoms with Crippen LogP contribution in [-0.4, -0.2) is 11.7 Å². The Balaban J connectivity index is 3.17. The molecule has 0 spiro atoms. The highest BCUT2D eigenvalue weighted by molar-refractivity contribution is 7.62. The Hall–Kier alpha value is 0.895. The zero-order valence-electron chi connectivity index (χ0n) is 3.12. The van der Waals surface area contributed by atoms with Gasteiger partial charge in [0.1, 0.15) is 0 Å². The van der Waals surface area contributed by atoms with Crippen LogP contribution in [0.4, 0.5) is 0 Å². The summed E-state index contributed by atoms with van der Waals surface area (Å²) in [5.74, 6) is 0. The Morgan fingerprint density at radius 1 is 1.33 bits per heavy atom. The molecule has 0 amide bonds. The topological polar surface area (TPSA) is 9.23 Å². The molecule has 0 radical (unpaired) electrons. The maximum atomic E-state index is 5.09. The molecule has 0 bridgehead atoms. The largest absolute Gasteiger partial charge is 0.556 e. The maximum Gasteiger partial charge on any atom is 0.373 e. The first-order chi connectivity index (χ1) is 2.56. The Bertz CT molecular complexity index is 40.5. The fourth-order valence-corrected chi connectivity index (χ4v) is 0. The lowest BCUT2D eigenvalue weighted by Crippen LogP contribution is -2.11. The third kappa shape index (κ3) is 4.89. The molecule has 0 aromatic rings. The molecule has 1 nitrogen and oxygen atoms in total. The first kappa shape index (κ1) is 6.89. The average Bonchev–Trinajstić information content (AvgIpc) is 1.35. The van der Waals surface area contributed by atoms with Gasteiger partial charge >= 0.3 is 4.59 Å². The lowest BCUT2D eigenvalue weighted by molar-refractivity contribution is 0.442. The van der Waals surface area contributed by atoms with E-state index >= 15 is 0 Å². The molecular weight excluding hydrogens is 145 g/mol. The quantitative estimate of drug-likeness (QED) is 0.515. The second-order valence-electron chi connectivity index (χ2n) is 0.750. The molecule has 0 aliphatic rings. The zero-order valence-corrected chi connectivity index (χ0v) is 5.39. The van der Waals surface area contributed by atoms with Crippen molar-refractivity contribution in [2.75, 3.05) is 7.11 Å². The van der Waals surface area contributed by atoms with Crippen LogP contribution in [0, 0.1) is 0 Å². The molecule has 0 fully saturated rings. The Morgan fingerprint density at radius 3 is 1.50 bits per heavy atom. The lowest BCUT2D eigenvalue weighted by Gasteiger charge is -2.15. The zero-order chi connectivity index (χ0) is 5.21. The maximum absolute atomic E-state index is 5.09. The van der Waals surface area contributed by atoms with Crippen LogP contribution in [0.25, 0.3) is 0 Å². The molecule has 0 heterocycles. The normalized spacial score (nSPS) is 12.0. The molecule has 5 heteroatoms. The van der Waals surface area contributed by atoms with Crippen LogP contribution in [0.3, 0.4) is 0 Å². The summed E-state index contributed by atoms with van der Waals surface area (Å²) in [7, 11) is 1.34. The van der Waals surface area contributed by atoms with E-state index in [1.165, 1.54) is 7.11 Å². The predicted molar refractivity (Wildman–Crippen MR) is 30.3 cm³/mol. The van der Waals surface area contributed by atoms with Gasteiger partial charge in [0.05, 0.1) is 0 Å². The van der Waals surface area contributed by atoms with E-state index in [1.807, 2.05) is 0 Å². The minimum absolute atomic E-state index is 1.34. The van der Waals surface area contributed by atoms with Crippen molar-refractivity contribution in [2.45, 2.75) is 0 Å². The Morgan fingerprint density at radius 2 is 1.50 bits per heavy atom. The van der Waals surface area contributed by atoms with Crippen molar-refractivity contribution >= 4 is 39.0 Å².